The van der Waals surface area contributed by atoms with Gasteiger partial charge in [0, 0.05) is 23.7 Å². The van der Waals surface area contributed by atoms with Gasteiger partial charge in [0.2, 0.25) is 5.88 Å². The molecule has 0 unspecified atom stereocenters. The Balaban J connectivity index is 2.05. The van der Waals surface area contributed by atoms with E-state index >= 15 is 0 Å². The Kier molecular flexibility index (Phi) is 3.74. The number of nitrogens with two attached hydrogens (primary N) is 1. The molecule has 4 aromatic rings. The van der Waals surface area contributed by atoms with Crippen molar-refractivity contribution in [2.45, 2.75) is 19.9 Å². The van der Waals surface area contributed by atoms with Crippen molar-refractivity contribution in [2.75, 3.05) is 5.73 Å². The number of benzene rings is 2. The molecule has 0 atom stereocenters. The number of aromatic hydroxyl groups is 1. The number of aryl methyl sites for hydroxylation is 1. The van der Waals surface area contributed by atoms with Gasteiger partial charge < -0.3 is 15.4 Å². The van der Waals surface area contributed by atoms with E-state index in [2.05, 4.69) is 13.0 Å². The zero-order chi connectivity index (χ0) is 18.3. The van der Waals surface area contributed by atoms with Gasteiger partial charge in [-0.1, -0.05) is 37.3 Å². The summed E-state index contributed by atoms with van der Waals surface area (Å²) in [5.74, 6) is 0.158. The monoisotopic (exact) mass is 342 g/mol. The number of aromatic nitrogens is 2. The maximum absolute atomic E-state index is 10.5. The first kappa shape index (κ1) is 16.0. The van der Waals surface area contributed by atoms with Gasteiger partial charge in [0.25, 0.3) is 0 Å². The van der Waals surface area contributed by atoms with Crippen molar-refractivity contribution >= 4 is 27.5 Å². The van der Waals surface area contributed by atoms with Crippen LogP contribution in [-0.2, 0) is 6.54 Å². The molecule has 0 aliphatic rings. The fourth-order valence-electron chi connectivity index (χ4n) is 3.41. The van der Waals surface area contributed by atoms with Gasteiger partial charge in [-0.3, -0.25) is 0 Å². The van der Waals surface area contributed by atoms with E-state index in [1.165, 1.54) is 0 Å². The van der Waals surface area contributed by atoms with Gasteiger partial charge >= 0.3 is 0 Å². The molecular weight excluding hydrogens is 324 g/mol. The maximum atomic E-state index is 10.5. The SMILES string of the molecule is CCCn1cc2nc3c(-c4cccc(C#N)c4)cccc3c(N)c2c1O. The average molecular weight is 342 g/mol. The number of nitrogen functional groups attached to an aromatic ring is 1. The van der Waals surface area contributed by atoms with E-state index < -0.39 is 0 Å². The van der Waals surface area contributed by atoms with Crippen LogP contribution in [0.5, 0.6) is 5.88 Å². The van der Waals surface area contributed by atoms with Crippen molar-refractivity contribution in [2.24, 2.45) is 0 Å². The first-order valence-corrected chi connectivity index (χ1v) is 8.54. The molecule has 0 radical (unpaired) electrons. The van der Waals surface area contributed by atoms with Gasteiger partial charge in [0.15, 0.2) is 0 Å². The predicted molar refractivity (Wildman–Crippen MR) is 104 cm³/mol. The molecule has 0 bridgehead atoms. The number of nitriles is 1. The molecule has 3 N–H and O–H groups in total. The molecule has 2 heterocycles. The Hall–Kier alpha value is -3.52. The zero-order valence-electron chi connectivity index (χ0n) is 14.4. The van der Waals surface area contributed by atoms with Gasteiger partial charge in [-0.05, 0) is 24.1 Å². The van der Waals surface area contributed by atoms with E-state index in [9.17, 15) is 10.4 Å². The first-order valence-electron chi connectivity index (χ1n) is 8.54. The minimum Gasteiger partial charge on any atom is -0.494 e. The molecule has 26 heavy (non-hydrogen) atoms. The summed E-state index contributed by atoms with van der Waals surface area (Å²) in [6.45, 7) is 2.76. The first-order chi connectivity index (χ1) is 12.6. The van der Waals surface area contributed by atoms with Gasteiger partial charge in [-0.15, -0.1) is 0 Å². The summed E-state index contributed by atoms with van der Waals surface area (Å²) in [6.07, 6.45) is 2.74. The van der Waals surface area contributed by atoms with Crippen molar-refractivity contribution in [3.63, 3.8) is 0 Å². The zero-order valence-corrected chi connectivity index (χ0v) is 14.4. The fraction of sp³-hybridized carbons (Fsp3) is 0.143. The second-order valence-corrected chi connectivity index (χ2v) is 6.33. The lowest BCUT2D eigenvalue weighted by molar-refractivity contribution is 0.421. The topological polar surface area (TPSA) is 87.9 Å². The lowest BCUT2D eigenvalue weighted by Crippen LogP contribution is -1.94. The number of anilines is 1. The van der Waals surface area contributed by atoms with Crippen LogP contribution in [0.15, 0.2) is 48.7 Å². The Morgan fingerprint density at radius 3 is 2.81 bits per heavy atom. The lowest BCUT2D eigenvalue weighted by atomic mass is 9.99. The van der Waals surface area contributed by atoms with E-state index in [-0.39, 0.29) is 5.88 Å². The molecule has 128 valence electrons. The largest absolute Gasteiger partial charge is 0.494 e. The molecule has 0 saturated carbocycles. The third kappa shape index (κ3) is 2.35. The second-order valence-electron chi connectivity index (χ2n) is 6.33. The van der Waals surface area contributed by atoms with Crippen LogP contribution >= 0.6 is 0 Å². The third-order valence-electron chi connectivity index (χ3n) is 4.62. The van der Waals surface area contributed by atoms with Crippen LogP contribution in [0.4, 0.5) is 5.69 Å². The molecule has 5 nitrogen and oxygen atoms in total. The van der Waals surface area contributed by atoms with E-state index in [1.54, 1.807) is 10.6 Å². The van der Waals surface area contributed by atoms with Gasteiger partial charge in [0.1, 0.15) is 0 Å². The highest BCUT2D eigenvalue weighted by Gasteiger charge is 2.17. The van der Waals surface area contributed by atoms with Crippen molar-refractivity contribution in [3.8, 4) is 23.1 Å². The third-order valence-corrected chi connectivity index (χ3v) is 4.62. The standard InChI is InChI=1S/C21H18N4O/c1-2-9-25-12-17-18(21(25)26)19(23)16-8-4-7-15(20(16)24-17)14-6-3-5-13(10-14)11-22/h3-8,10,12,26H,2,9,23H2,1H3. The molecule has 0 amide bonds. The molecule has 0 aliphatic carbocycles. The summed E-state index contributed by atoms with van der Waals surface area (Å²) in [5, 5.41) is 21.1. The summed E-state index contributed by atoms with van der Waals surface area (Å²) in [6, 6.07) is 15.4. The van der Waals surface area contributed by atoms with Crippen molar-refractivity contribution in [1.82, 2.24) is 9.55 Å². The molecule has 4 rings (SSSR count). The highest BCUT2D eigenvalue weighted by molar-refractivity contribution is 6.12. The molecule has 0 saturated heterocycles. The number of rotatable bonds is 3. The quantitative estimate of drug-likeness (QED) is 0.576. The number of hydrogen-bond acceptors (Lipinski definition) is 4. The minimum absolute atomic E-state index is 0.158. The van der Waals surface area contributed by atoms with Gasteiger partial charge in [0.05, 0.1) is 33.7 Å². The molecule has 0 fully saturated rings. The summed E-state index contributed by atoms with van der Waals surface area (Å²) < 4.78 is 1.78. The number of pyridine rings is 1. The highest BCUT2D eigenvalue weighted by atomic mass is 16.3. The molecule has 0 aliphatic heterocycles. The lowest BCUT2D eigenvalue weighted by Gasteiger charge is -2.09. The Morgan fingerprint density at radius 2 is 2.04 bits per heavy atom. The van der Waals surface area contributed by atoms with Crippen LogP contribution in [0, 0.1) is 11.3 Å². The predicted octanol–water partition coefficient (Wildman–Crippen LogP) is 4.43. The average Bonchev–Trinajstić information content (AvgIpc) is 2.98. The van der Waals surface area contributed by atoms with E-state index in [0.29, 0.717) is 28.7 Å². The molecule has 2 aromatic carbocycles. The van der Waals surface area contributed by atoms with Crippen molar-refractivity contribution in [3.05, 3.63) is 54.2 Å². The summed E-state index contributed by atoms with van der Waals surface area (Å²) in [4.78, 5) is 4.79. The van der Waals surface area contributed by atoms with Crippen molar-refractivity contribution < 1.29 is 5.11 Å². The van der Waals surface area contributed by atoms with E-state index in [1.807, 2.05) is 42.6 Å². The number of para-hydroxylation sites is 1. The Bertz CT molecular complexity index is 1180. The van der Waals surface area contributed by atoms with Crippen LogP contribution in [0.3, 0.4) is 0 Å². The maximum Gasteiger partial charge on any atom is 0.202 e. The van der Waals surface area contributed by atoms with Crippen LogP contribution in [-0.4, -0.2) is 14.7 Å². The smallest absolute Gasteiger partial charge is 0.202 e. The van der Waals surface area contributed by atoms with Gasteiger partial charge in [-0.25, -0.2) is 4.98 Å². The normalized spacial score (nSPS) is 11.1. The number of fused-ring (bicyclic) bond motifs is 2. The number of nitrogens with zero attached hydrogens (tertiary/aromatic N) is 3. The number of hydrogen-bond donors (Lipinski definition) is 2. The molecule has 5 heteroatoms. The van der Waals surface area contributed by atoms with Crippen LogP contribution < -0.4 is 5.73 Å². The molecular formula is C21H18N4O. The summed E-state index contributed by atoms with van der Waals surface area (Å²) in [5.41, 5.74) is 10.8. The second kappa shape index (κ2) is 6.08. The van der Waals surface area contributed by atoms with Crippen LogP contribution in [0.2, 0.25) is 0 Å². The van der Waals surface area contributed by atoms with Crippen LogP contribution in [0.25, 0.3) is 32.9 Å². The highest BCUT2D eigenvalue weighted by Crippen LogP contribution is 2.38. The van der Waals surface area contributed by atoms with Crippen LogP contribution in [0.1, 0.15) is 18.9 Å². The van der Waals surface area contributed by atoms with Gasteiger partial charge in [-0.2, -0.15) is 5.26 Å². The van der Waals surface area contributed by atoms with E-state index in [0.717, 1.165) is 28.5 Å². The minimum atomic E-state index is 0.158. The van der Waals surface area contributed by atoms with E-state index in [4.69, 9.17) is 10.7 Å². The Morgan fingerprint density at radius 1 is 1.23 bits per heavy atom. The molecule has 2 aromatic heterocycles. The Labute approximate surface area is 150 Å². The fourth-order valence-corrected chi connectivity index (χ4v) is 3.41. The summed E-state index contributed by atoms with van der Waals surface area (Å²) in [7, 11) is 0. The molecule has 0 spiro atoms. The van der Waals surface area contributed by atoms with Crippen molar-refractivity contribution in [1.29, 1.82) is 5.26 Å². The summed E-state index contributed by atoms with van der Waals surface area (Å²) >= 11 is 0.